The number of carbonyl (C=O) groups is 2. The van der Waals surface area contributed by atoms with Crippen molar-refractivity contribution in [2.24, 2.45) is 0 Å². The maximum atomic E-state index is 13.1. The number of nitrogens with zero attached hydrogens (tertiary/aromatic N) is 3. The summed E-state index contributed by atoms with van der Waals surface area (Å²) in [5.41, 5.74) is 0.572. The van der Waals surface area contributed by atoms with Gasteiger partial charge >= 0.3 is 12.0 Å². The van der Waals surface area contributed by atoms with E-state index in [1.54, 1.807) is 19.2 Å². The molecule has 0 aliphatic carbocycles. The number of furan rings is 1. The zero-order valence-corrected chi connectivity index (χ0v) is 19.1. The number of anilines is 1. The van der Waals surface area contributed by atoms with Crippen molar-refractivity contribution in [3.05, 3.63) is 22.5 Å². The van der Waals surface area contributed by atoms with Crippen LogP contribution in [0.25, 0.3) is 11.1 Å². The van der Waals surface area contributed by atoms with Crippen LogP contribution >= 0.6 is 15.9 Å². The van der Waals surface area contributed by atoms with E-state index in [0.717, 1.165) is 11.5 Å². The number of rotatable bonds is 6. The zero-order valence-electron chi connectivity index (χ0n) is 17.5. The molecule has 30 heavy (non-hydrogen) atoms. The molecule has 0 saturated carbocycles. The summed E-state index contributed by atoms with van der Waals surface area (Å²) in [7, 11) is 2.85. The molecule has 3 rings (SSSR count). The number of hydrogen-bond donors (Lipinski definition) is 0. The van der Waals surface area contributed by atoms with Gasteiger partial charge in [0.05, 0.1) is 25.2 Å². The molecular weight excluding hydrogens is 458 g/mol. The normalized spacial score (nSPS) is 19.0. The van der Waals surface area contributed by atoms with Gasteiger partial charge in [0.15, 0.2) is 0 Å². The summed E-state index contributed by atoms with van der Waals surface area (Å²) in [6, 6.07) is 1.55. The van der Waals surface area contributed by atoms with E-state index in [2.05, 4.69) is 20.9 Å². The minimum Gasteiger partial charge on any atom is -0.449 e. The average molecular weight is 484 g/mol. The standard InChI is InChI=1S/C20H26BrN3O6/c1-5-14-10-13(7-8-29-14)24(20(26)28-6-2)16-15-9-12(21)11-22-18(15)30-17(16)19(25)23(3)27-4/h9,11,13-14H,5-8,10H2,1-4H3/t13-,14-/m0/s1. The van der Waals surface area contributed by atoms with E-state index in [4.69, 9.17) is 18.7 Å². The Hall–Kier alpha value is -2.17. The molecule has 3 heterocycles. The second-order valence-electron chi connectivity index (χ2n) is 6.92. The van der Waals surface area contributed by atoms with Crippen LogP contribution in [0, 0.1) is 0 Å². The fraction of sp³-hybridized carbons (Fsp3) is 0.550. The van der Waals surface area contributed by atoms with E-state index >= 15 is 0 Å². The van der Waals surface area contributed by atoms with Crippen LogP contribution in [-0.2, 0) is 14.3 Å². The first-order valence-electron chi connectivity index (χ1n) is 9.88. The highest BCUT2D eigenvalue weighted by Crippen LogP contribution is 2.38. The van der Waals surface area contributed by atoms with E-state index in [-0.39, 0.29) is 30.2 Å². The van der Waals surface area contributed by atoms with Crippen LogP contribution < -0.4 is 4.90 Å². The van der Waals surface area contributed by atoms with Gasteiger partial charge in [-0.2, -0.15) is 0 Å². The van der Waals surface area contributed by atoms with Gasteiger partial charge in [-0.05, 0) is 48.2 Å². The molecule has 1 saturated heterocycles. The minimum absolute atomic E-state index is 0.0181. The molecule has 0 aromatic carbocycles. The van der Waals surface area contributed by atoms with Gasteiger partial charge in [-0.25, -0.2) is 14.8 Å². The Balaban J connectivity index is 2.19. The summed E-state index contributed by atoms with van der Waals surface area (Å²) < 4.78 is 17.7. The topological polar surface area (TPSA) is 94.3 Å². The first-order chi connectivity index (χ1) is 14.4. The third kappa shape index (κ3) is 4.45. The lowest BCUT2D eigenvalue weighted by Crippen LogP contribution is -2.46. The van der Waals surface area contributed by atoms with Crippen LogP contribution in [0.4, 0.5) is 10.5 Å². The Morgan fingerprint density at radius 1 is 1.37 bits per heavy atom. The van der Waals surface area contributed by atoms with E-state index in [9.17, 15) is 9.59 Å². The number of ether oxygens (including phenoxy) is 2. The maximum Gasteiger partial charge on any atom is 0.414 e. The summed E-state index contributed by atoms with van der Waals surface area (Å²) in [6.45, 7) is 4.50. The Kier molecular flexibility index (Phi) is 7.32. The number of carbonyl (C=O) groups excluding carboxylic acids is 2. The minimum atomic E-state index is -0.545. The molecule has 2 atom stereocenters. The largest absolute Gasteiger partial charge is 0.449 e. The first kappa shape index (κ1) is 22.5. The van der Waals surface area contributed by atoms with Gasteiger partial charge in [0.1, 0.15) is 5.69 Å². The van der Waals surface area contributed by atoms with Gasteiger partial charge < -0.3 is 13.9 Å². The van der Waals surface area contributed by atoms with Crippen LogP contribution in [0.2, 0.25) is 0 Å². The molecule has 2 aromatic heterocycles. The second-order valence-corrected chi connectivity index (χ2v) is 7.84. The Labute approximate surface area is 183 Å². The quantitative estimate of drug-likeness (QED) is 0.569. The Morgan fingerprint density at radius 3 is 2.80 bits per heavy atom. The third-order valence-electron chi connectivity index (χ3n) is 5.11. The van der Waals surface area contributed by atoms with E-state index in [1.165, 1.54) is 19.1 Å². The predicted molar refractivity (Wildman–Crippen MR) is 113 cm³/mol. The molecule has 0 bridgehead atoms. The number of aromatic nitrogens is 1. The van der Waals surface area contributed by atoms with Crippen LogP contribution in [0.3, 0.4) is 0 Å². The van der Waals surface area contributed by atoms with Crippen molar-refractivity contribution in [1.29, 1.82) is 0 Å². The number of amides is 2. The highest BCUT2D eigenvalue weighted by Gasteiger charge is 2.38. The second kappa shape index (κ2) is 9.76. The van der Waals surface area contributed by atoms with E-state index in [0.29, 0.717) is 35.0 Å². The molecule has 164 valence electrons. The molecule has 1 aliphatic heterocycles. The first-order valence-corrected chi connectivity index (χ1v) is 10.7. The molecule has 1 aliphatic rings. The Bertz CT molecular complexity index is 917. The summed E-state index contributed by atoms with van der Waals surface area (Å²) in [5, 5.41) is 1.57. The van der Waals surface area contributed by atoms with Crippen molar-refractivity contribution in [2.75, 3.05) is 32.3 Å². The van der Waals surface area contributed by atoms with Gasteiger partial charge in [0.25, 0.3) is 0 Å². The molecule has 0 spiro atoms. The predicted octanol–water partition coefficient (Wildman–Crippen LogP) is 4.14. The fourth-order valence-electron chi connectivity index (χ4n) is 3.55. The lowest BCUT2D eigenvalue weighted by atomic mass is 9.99. The van der Waals surface area contributed by atoms with Crippen molar-refractivity contribution in [1.82, 2.24) is 10.0 Å². The van der Waals surface area contributed by atoms with Crippen molar-refractivity contribution < 1.29 is 28.3 Å². The van der Waals surface area contributed by atoms with Gasteiger partial charge in [0, 0.05) is 30.4 Å². The summed E-state index contributed by atoms with van der Waals surface area (Å²) in [4.78, 5) is 36.9. The lowest BCUT2D eigenvalue weighted by molar-refractivity contribution is -0.0772. The molecular formula is C20H26BrN3O6. The van der Waals surface area contributed by atoms with Crippen molar-refractivity contribution >= 4 is 44.7 Å². The highest BCUT2D eigenvalue weighted by atomic mass is 79.9. The highest BCUT2D eigenvalue weighted by molar-refractivity contribution is 9.10. The Morgan fingerprint density at radius 2 is 2.13 bits per heavy atom. The molecule has 1 fully saturated rings. The third-order valence-corrected chi connectivity index (χ3v) is 5.54. The summed E-state index contributed by atoms with van der Waals surface area (Å²) >= 11 is 3.41. The molecule has 0 unspecified atom stereocenters. The molecule has 2 aromatic rings. The number of halogens is 1. The van der Waals surface area contributed by atoms with Gasteiger partial charge in [-0.1, -0.05) is 6.92 Å². The van der Waals surface area contributed by atoms with Crippen LogP contribution in [0.5, 0.6) is 0 Å². The molecule has 10 heteroatoms. The SMILES string of the molecule is CCOC(=O)N(c1c(C(=O)N(C)OC)oc2ncc(Br)cc12)[C@H]1CCO[C@@H](CC)C1. The smallest absolute Gasteiger partial charge is 0.414 e. The molecule has 2 amide bonds. The average Bonchev–Trinajstić information content (AvgIpc) is 3.11. The van der Waals surface area contributed by atoms with Crippen molar-refractivity contribution in [2.45, 2.75) is 45.3 Å². The molecule has 0 N–H and O–H groups in total. The summed E-state index contributed by atoms with van der Waals surface area (Å²) in [6.07, 6.45) is 3.10. The van der Waals surface area contributed by atoms with E-state index < -0.39 is 12.0 Å². The number of hydroxylamine groups is 2. The van der Waals surface area contributed by atoms with Gasteiger partial charge in [0.2, 0.25) is 11.5 Å². The number of hydrogen-bond acceptors (Lipinski definition) is 7. The number of fused-ring (bicyclic) bond motifs is 1. The molecule has 9 nitrogen and oxygen atoms in total. The van der Waals surface area contributed by atoms with Crippen LogP contribution in [-0.4, -0.2) is 61.6 Å². The van der Waals surface area contributed by atoms with Crippen molar-refractivity contribution in [3.63, 3.8) is 0 Å². The van der Waals surface area contributed by atoms with Crippen LogP contribution in [0.15, 0.2) is 21.2 Å². The lowest BCUT2D eigenvalue weighted by Gasteiger charge is -2.36. The summed E-state index contributed by atoms with van der Waals surface area (Å²) in [5.74, 6) is -0.567. The molecule has 0 radical (unpaired) electrons. The van der Waals surface area contributed by atoms with Gasteiger partial charge in [-0.3, -0.25) is 14.5 Å². The number of pyridine rings is 1. The maximum absolute atomic E-state index is 13.1. The van der Waals surface area contributed by atoms with Crippen LogP contribution in [0.1, 0.15) is 43.7 Å². The monoisotopic (exact) mass is 483 g/mol. The van der Waals surface area contributed by atoms with Gasteiger partial charge in [-0.15, -0.1) is 0 Å². The fourth-order valence-corrected chi connectivity index (χ4v) is 3.88. The van der Waals surface area contributed by atoms with E-state index in [1.807, 2.05) is 6.92 Å². The van der Waals surface area contributed by atoms with Crippen molar-refractivity contribution in [3.8, 4) is 0 Å². The zero-order chi connectivity index (χ0) is 21.8.